The molecule has 0 fully saturated rings. The molecule has 1 amide bonds. The van der Waals surface area contributed by atoms with E-state index in [-0.39, 0.29) is 0 Å². The van der Waals surface area contributed by atoms with Crippen LogP contribution in [0.5, 0.6) is 0 Å². The number of sulfonamides is 1. The van der Waals surface area contributed by atoms with Crippen molar-refractivity contribution < 1.29 is 18.3 Å². The molecule has 6 nitrogen and oxygen atoms in total. The third-order valence-corrected chi connectivity index (χ3v) is 2.79. The van der Waals surface area contributed by atoms with E-state index in [0.717, 1.165) is 0 Å². The Bertz CT molecular complexity index is 262. The van der Waals surface area contributed by atoms with Crippen molar-refractivity contribution in [2.45, 2.75) is 13.0 Å². The number of aliphatic hydroxyl groups excluding tert-OH is 1. The van der Waals surface area contributed by atoms with Crippen LogP contribution in [0.4, 0.5) is 0 Å². The van der Waals surface area contributed by atoms with Gasteiger partial charge in [0.1, 0.15) is 0 Å². The molecule has 0 aromatic rings. The second-order valence-corrected chi connectivity index (χ2v) is 4.37. The first-order valence-corrected chi connectivity index (χ1v) is 5.40. The normalized spacial score (nSPS) is 13.8. The van der Waals surface area contributed by atoms with Gasteiger partial charge in [-0.1, -0.05) is 0 Å². The molecule has 0 radical (unpaired) electrons. The van der Waals surface area contributed by atoms with Crippen LogP contribution >= 0.6 is 0 Å². The molecular weight excluding hydrogens is 196 g/mol. The van der Waals surface area contributed by atoms with Gasteiger partial charge in [0.25, 0.3) is 0 Å². The van der Waals surface area contributed by atoms with E-state index in [4.69, 9.17) is 5.11 Å². The van der Waals surface area contributed by atoms with Crippen molar-refractivity contribution in [2.75, 3.05) is 19.4 Å². The number of carbonyl (C=O) groups excluding carboxylic acids is 1. The van der Waals surface area contributed by atoms with Crippen molar-refractivity contribution in [3.05, 3.63) is 0 Å². The molecule has 0 aromatic carbocycles. The summed E-state index contributed by atoms with van der Waals surface area (Å²) in [5.41, 5.74) is 0. The van der Waals surface area contributed by atoms with Crippen molar-refractivity contribution >= 4 is 15.9 Å². The molecule has 0 saturated carbocycles. The number of hydrogen-bond donors (Lipinski definition) is 3. The van der Waals surface area contributed by atoms with Crippen LogP contribution in [0.2, 0.25) is 0 Å². The van der Waals surface area contributed by atoms with Crippen LogP contribution in [0, 0.1) is 0 Å². The van der Waals surface area contributed by atoms with Crippen LogP contribution in [0.15, 0.2) is 0 Å². The topological polar surface area (TPSA) is 95.5 Å². The lowest BCUT2D eigenvalue weighted by Crippen LogP contribution is -2.44. The van der Waals surface area contributed by atoms with Crippen LogP contribution in [0.25, 0.3) is 0 Å². The molecule has 78 valence electrons. The Morgan fingerprint density at radius 2 is 2.08 bits per heavy atom. The molecular formula is C6H14N2O4S. The smallest absolute Gasteiger partial charge is 0.237 e. The maximum atomic E-state index is 11.0. The Morgan fingerprint density at radius 3 is 2.46 bits per heavy atom. The second-order valence-electron chi connectivity index (χ2n) is 2.50. The van der Waals surface area contributed by atoms with Gasteiger partial charge in [0, 0.05) is 7.05 Å². The van der Waals surface area contributed by atoms with Crippen LogP contribution in [0.3, 0.4) is 0 Å². The molecule has 3 N–H and O–H groups in total. The highest BCUT2D eigenvalue weighted by atomic mass is 32.2. The number of likely N-dealkylation sites (N-methyl/N-ethyl adjacent to an activating group) is 1. The van der Waals surface area contributed by atoms with Crippen LogP contribution in [-0.2, 0) is 14.8 Å². The van der Waals surface area contributed by atoms with Gasteiger partial charge >= 0.3 is 0 Å². The third-order valence-electron chi connectivity index (χ3n) is 1.36. The molecule has 0 aliphatic rings. The molecule has 13 heavy (non-hydrogen) atoms. The van der Waals surface area contributed by atoms with Crippen LogP contribution in [-0.4, -0.2) is 44.9 Å². The van der Waals surface area contributed by atoms with Gasteiger partial charge in [-0.25, -0.2) is 13.1 Å². The minimum absolute atomic E-state index is 0.395. The summed E-state index contributed by atoms with van der Waals surface area (Å²) in [6.45, 7) is 0.962. The number of nitrogens with one attached hydrogen (secondary N) is 2. The van der Waals surface area contributed by atoms with Gasteiger partial charge in [0.15, 0.2) is 0 Å². The van der Waals surface area contributed by atoms with Crippen molar-refractivity contribution in [1.82, 2.24) is 10.0 Å². The standard InChI is InChI=1S/C6H14N2O4S/c1-5(6(10)7-2)8-13(11,12)4-3-9/h5,8-9H,3-4H2,1-2H3,(H,7,10). The minimum atomic E-state index is -3.55. The highest BCUT2D eigenvalue weighted by molar-refractivity contribution is 7.89. The monoisotopic (exact) mass is 210 g/mol. The minimum Gasteiger partial charge on any atom is -0.395 e. The first-order valence-electron chi connectivity index (χ1n) is 3.75. The molecule has 0 bridgehead atoms. The SMILES string of the molecule is CNC(=O)C(C)NS(=O)(=O)CCO. The van der Waals surface area contributed by atoms with Gasteiger partial charge in [0.05, 0.1) is 18.4 Å². The van der Waals surface area contributed by atoms with E-state index in [2.05, 4.69) is 10.0 Å². The van der Waals surface area contributed by atoms with Crippen molar-refractivity contribution in [2.24, 2.45) is 0 Å². The van der Waals surface area contributed by atoms with Gasteiger partial charge in [-0.05, 0) is 6.92 Å². The highest BCUT2D eigenvalue weighted by Crippen LogP contribution is 1.88. The fourth-order valence-corrected chi connectivity index (χ4v) is 1.72. The Kier molecular flexibility index (Phi) is 4.89. The van der Waals surface area contributed by atoms with E-state index in [1.54, 1.807) is 0 Å². The zero-order valence-corrected chi connectivity index (χ0v) is 8.39. The average Bonchev–Trinajstić information content (AvgIpc) is 2.01. The van der Waals surface area contributed by atoms with Gasteiger partial charge in [-0.15, -0.1) is 0 Å². The first-order chi connectivity index (χ1) is 5.93. The fraction of sp³-hybridized carbons (Fsp3) is 0.833. The summed E-state index contributed by atoms with van der Waals surface area (Å²) in [5.74, 6) is -0.810. The Balaban J connectivity index is 4.20. The van der Waals surface area contributed by atoms with Crippen molar-refractivity contribution in [3.8, 4) is 0 Å². The molecule has 0 spiro atoms. The summed E-state index contributed by atoms with van der Waals surface area (Å²) in [6, 6.07) is -0.818. The predicted octanol–water partition coefficient (Wildman–Crippen LogP) is -1.97. The Labute approximate surface area is 77.4 Å². The number of carbonyl (C=O) groups is 1. The lowest BCUT2D eigenvalue weighted by atomic mass is 10.3. The largest absolute Gasteiger partial charge is 0.395 e. The van der Waals surface area contributed by atoms with E-state index in [1.165, 1.54) is 14.0 Å². The lowest BCUT2D eigenvalue weighted by molar-refractivity contribution is -0.121. The molecule has 7 heteroatoms. The molecule has 0 aromatic heterocycles. The number of hydrogen-bond acceptors (Lipinski definition) is 4. The zero-order chi connectivity index (χ0) is 10.5. The van der Waals surface area contributed by atoms with Gasteiger partial charge in [-0.2, -0.15) is 0 Å². The molecule has 1 unspecified atom stereocenters. The summed E-state index contributed by atoms with van der Waals surface area (Å²) in [4.78, 5) is 10.9. The molecule has 0 rings (SSSR count). The van der Waals surface area contributed by atoms with E-state index < -0.39 is 34.3 Å². The average molecular weight is 210 g/mol. The molecule has 0 aliphatic heterocycles. The maximum Gasteiger partial charge on any atom is 0.237 e. The van der Waals surface area contributed by atoms with Gasteiger partial charge in [0.2, 0.25) is 15.9 Å². The summed E-state index contributed by atoms with van der Waals surface area (Å²) in [5, 5.41) is 10.7. The fourth-order valence-electron chi connectivity index (χ4n) is 0.718. The second kappa shape index (κ2) is 5.15. The van der Waals surface area contributed by atoms with Gasteiger partial charge in [-0.3, -0.25) is 4.79 Å². The van der Waals surface area contributed by atoms with E-state index in [0.29, 0.717) is 0 Å². The lowest BCUT2D eigenvalue weighted by Gasteiger charge is -2.11. The van der Waals surface area contributed by atoms with Crippen molar-refractivity contribution in [1.29, 1.82) is 0 Å². The molecule has 1 atom stereocenters. The van der Waals surface area contributed by atoms with E-state index in [1.807, 2.05) is 0 Å². The Morgan fingerprint density at radius 1 is 1.54 bits per heavy atom. The molecule has 0 heterocycles. The maximum absolute atomic E-state index is 11.0. The highest BCUT2D eigenvalue weighted by Gasteiger charge is 2.18. The molecule has 0 saturated heterocycles. The van der Waals surface area contributed by atoms with Gasteiger partial charge < -0.3 is 10.4 Å². The first kappa shape index (κ1) is 12.3. The zero-order valence-electron chi connectivity index (χ0n) is 7.57. The number of amides is 1. The van der Waals surface area contributed by atoms with E-state index in [9.17, 15) is 13.2 Å². The summed E-state index contributed by atoms with van der Waals surface area (Å²) >= 11 is 0. The summed E-state index contributed by atoms with van der Waals surface area (Å²) < 4.78 is 24.1. The third kappa shape index (κ3) is 4.81. The summed E-state index contributed by atoms with van der Waals surface area (Å²) in [7, 11) is -2.13. The Hall–Kier alpha value is -0.660. The van der Waals surface area contributed by atoms with E-state index >= 15 is 0 Å². The number of rotatable bonds is 5. The summed E-state index contributed by atoms with van der Waals surface area (Å²) in [6.07, 6.45) is 0. The number of aliphatic hydroxyl groups is 1. The quantitative estimate of drug-likeness (QED) is 0.490. The van der Waals surface area contributed by atoms with Crippen LogP contribution in [0.1, 0.15) is 6.92 Å². The molecule has 0 aliphatic carbocycles. The predicted molar refractivity (Wildman–Crippen MR) is 47.5 cm³/mol. The van der Waals surface area contributed by atoms with Crippen LogP contribution < -0.4 is 10.0 Å². The van der Waals surface area contributed by atoms with Crippen molar-refractivity contribution in [3.63, 3.8) is 0 Å².